The molecule has 19 heavy (non-hydrogen) atoms. The molecular formula is C15H33N3O. The van der Waals surface area contributed by atoms with Crippen LogP contribution in [0.15, 0.2) is 0 Å². The second kappa shape index (κ2) is 8.54. The third-order valence-corrected chi connectivity index (χ3v) is 3.13. The number of nitrogens with two attached hydrogens (primary N) is 1. The van der Waals surface area contributed by atoms with Crippen molar-refractivity contribution < 1.29 is 4.79 Å². The maximum absolute atomic E-state index is 12.3. The Labute approximate surface area is 119 Å². The van der Waals surface area contributed by atoms with Gasteiger partial charge in [0.05, 0.1) is 0 Å². The van der Waals surface area contributed by atoms with E-state index >= 15 is 0 Å². The van der Waals surface area contributed by atoms with Crippen molar-refractivity contribution in [2.24, 2.45) is 11.7 Å². The first kappa shape index (κ1) is 18.4. The van der Waals surface area contributed by atoms with Crippen molar-refractivity contribution in [2.75, 3.05) is 32.7 Å². The molecule has 0 aromatic heterocycles. The summed E-state index contributed by atoms with van der Waals surface area (Å²) < 4.78 is 0. The fraction of sp³-hybridized carbons (Fsp3) is 0.933. The number of carbonyl (C=O) groups is 1. The van der Waals surface area contributed by atoms with Crippen molar-refractivity contribution >= 4 is 5.91 Å². The Kier molecular flexibility index (Phi) is 8.26. The predicted octanol–water partition coefficient (Wildman–Crippen LogP) is 1.94. The molecule has 1 amide bonds. The molecular weight excluding hydrogens is 238 g/mol. The first-order valence-corrected chi connectivity index (χ1v) is 7.48. The minimum absolute atomic E-state index is 0.174. The summed E-state index contributed by atoms with van der Waals surface area (Å²) in [5, 5.41) is 0. The molecule has 4 heteroatoms. The summed E-state index contributed by atoms with van der Waals surface area (Å²) in [6, 6.07) is 0. The summed E-state index contributed by atoms with van der Waals surface area (Å²) in [5.41, 5.74) is 5.53. The molecule has 2 N–H and O–H groups in total. The average Bonchev–Trinajstić information content (AvgIpc) is 2.25. The van der Waals surface area contributed by atoms with E-state index in [4.69, 9.17) is 5.73 Å². The number of rotatable bonds is 9. The Morgan fingerprint density at radius 3 is 2.05 bits per heavy atom. The van der Waals surface area contributed by atoms with Gasteiger partial charge in [-0.25, -0.2) is 0 Å². The Morgan fingerprint density at radius 2 is 1.68 bits per heavy atom. The van der Waals surface area contributed by atoms with Crippen molar-refractivity contribution in [2.45, 2.75) is 53.5 Å². The van der Waals surface area contributed by atoms with Crippen molar-refractivity contribution in [3.05, 3.63) is 0 Å². The molecule has 0 aliphatic carbocycles. The zero-order chi connectivity index (χ0) is 15.1. The molecule has 0 bridgehead atoms. The van der Waals surface area contributed by atoms with E-state index in [1.807, 2.05) is 18.7 Å². The molecule has 4 nitrogen and oxygen atoms in total. The highest BCUT2D eigenvalue weighted by Gasteiger charge is 2.22. The second-order valence-electron chi connectivity index (χ2n) is 6.43. The first-order chi connectivity index (χ1) is 8.69. The number of carbonyl (C=O) groups excluding carboxylic acids is 1. The van der Waals surface area contributed by atoms with Crippen LogP contribution in [0.2, 0.25) is 0 Å². The zero-order valence-electron chi connectivity index (χ0n) is 13.7. The van der Waals surface area contributed by atoms with Crippen LogP contribution < -0.4 is 5.73 Å². The normalized spacial score (nSPS) is 12.3. The molecule has 0 spiro atoms. The van der Waals surface area contributed by atoms with Crippen LogP contribution in [0.3, 0.4) is 0 Å². The van der Waals surface area contributed by atoms with E-state index in [0.29, 0.717) is 12.3 Å². The SMILES string of the molecule is CCN(CC)CCN(CC(C)C)C(=O)CC(C)(C)N. The molecule has 0 saturated carbocycles. The number of hydrogen-bond acceptors (Lipinski definition) is 3. The van der Waals surface area contributed by atoms with Crippen molar-refractivity contribution in [1.29, 1.82) is 0 Å². The van der Waals surface area contributed by atoms with Crippen LogP contribution in [0.25, 0.3) is 0 Å². The minimum atomic E-state index is -0.429. The van der Waals surface area contributed by atoms with E-state index in [1.54, 1.807) is 0 Å². The van der Waals surface area contributed by atoms with Gasteiger partial charge in [0.15, 0.2) is 0 Å². The van der Waals surface area contributed by atoms with Crippen LogP contribution >= 0.6 is 0 Å². The maximum Gasteiger partial charge on any atom is 0.224 e. The molecule has 0 fully saturated rings. The van der Waals surface area contributed by atoms with Crippen molar-refractivity contribution in [3.63, 3.8) is 0 Å². The van der Waals surface area contributed by atoms with Crippen molar-refractivity contribution in [1.82, 2.24) is 9.80 Å². The molecule has 0 aliphatic heterocycles. The second-order valence-corrected chi connectivity index (χ2v) is 6.43. The molecule has 0 aromatic rings. The minimum Gasteiger partial charge on any atom is -0.341 e. The molecule has 0 saturated heterocycles. The summed E-state index contributed by atoms with van der Waals surface area (Å²) >= 11 is 0. The van der Waals surface area contributed by atoms with Crippen LogP contribution in [-0.2, 0) is 4.79 Å². The van der Waals surface area contributed by atoms with E-state index in [2.05, 4.69) is 32.6 Å². The van der Waals surface area contributed by atoms with Gasteiger partial charge in [-0.3, -0.25) is 4.79 Å². The Morgan fingerprint density at radius 1 is 1.16 bits per heavy atom. The van der Waals surface area contributed by atoms with Gasteiger partial charge in [-0.15, -0.1) is 0 Å². The van der Waals surface area contributed by atoms with Gasteiger partial charge in [0.1, 0.15) is 0 Å². The van der Waals surface area contributed by atoms with Gasteiger partial charge in [0.25, 0.3) is 0 Å². The van der Waals surface area contributed by atoms with Gasteiger partial charge in [-0.2, -0.15) is 0 Å². The van der Waals surface area contributed by atoms with Gasteiger partial charge >= 0.3 is 0 Å². The fourth-order valence-corrected chi connectivity index (χ4v) is 2.06. The average molecular weight is 271 g/mol. The Bertz CT molecular complexity index is 255. The van der Waals surface area contributed by atoms with Crippen LogP contribution in [0.5, 0.6) is 0 Å². The van der Waals surface area contributed by atoms with Crippen LogP contribution in [-0.4, -0.2) is 54.0 Å². The van der Waals surface area contributed by atoms with Gasteiger partial charge in [0.2, 0.25) is 5.91 Å². The largest absolute Gasteiger partial charge is 0.341 e. The summed E-state index contributed by atoms with van der Waals surface area (Å²) in [7, 11) is 0. The third-order valence-electron chi connectivity index (χ3n) is 3.13. The van der Waals surface area contributed by atoms with Gasteiger partial charge in [-0.1, -0.05) is 27.7 Å². The molecule has 0 radical (unpaired) electrons. The molecule has 0 aromatic carbocycles. The number of amides is 1. The Hall–Kier alpha value is -0.610. The lowest BCUT2D eigenvalue weighted by molar-refractivity contribution is -0.133. The van der Waals surface area contributed by atoms with E-state index in [-0.39, 0.29) is 5.91 Å². The fourth-order valence-electron chi connectivity index (χ4n) is 2.06. The van der Waals surface area contributed by atoms with Crippen LogP contribution in [0.1, 0.15) is 48.0 Å². The van der Waals surface area contributed by atoms with Gasteiger partial charge < -0.3 is 15.5 Å². The highest BCUT2D eigenvalue weighted by Crippen LogP contribution is 2.09. The maximum atomic E-state index is 12.3. The lowest BCUT2D eigenvalue weighted by atomic mass is 10.0. The number of likely N-dealkylation sites (N-methyl/N-ethyl adjacent to an activating group) is 1. The monoisotopic (exact) mass is 271 g/mol. The van der Waals surface area contributed by atoms with Gasteiger partial charge in [-0.05, 0) is 32.9 Å². The lowest BCUT2D eigenvalue weighted by Gasteiger charge is -2.30. The molecule has 114 valence electrons. The van der Waals surface area contributed by atoms with E-state index < -0.39 is 5.54 Å². The molecule has 0 heterocycles. The molecule has 0 unspecified atom stereocenters. The van der Waals surface area contributed by atoms with E-state index in [1.165, 1.54) is 0 Å². The highest BCUT2D eigenvalue weighted by atomic mass is 16.2. The molecule has 0 rings (SSSR count). The third kappa shape index (κ3) is 9.00. The quantitative estimate of drug-likeness (QED) is 0.697. The number of hydrogen-bond donors (Lipinski definition) is 1. The topological polar surface area (TPSA) is 49.6 Å². The number of nitrogens with zero attached hydrogens (tertiary/aromatic N) is 2. The summed E-state index contributed by atoms with van der Waals surface area (Å²) in [4.78, 5) is 16.6. The standard InChI is InChI=1S/C15H33N3O/c1-7-17(8-2)9-10-18(12-13(3)4)14(19)11-15(5,6)16/h13H,7-12,16H2,1-6H3. The summed E-state index contributed by atoms with van der Waals surface area (Å²) in [6.07, 6.45) is 0.415. The lowest BCUT2D eigenvalue weighted by Crippen LogP contribution is -2.45. The summed E-state index contributed by atoms with van der Waals surface area (Å²) in [6.45, 7) is 17.0. The smallest absolute Gasteiger partial charge is 0.224 e. The van der Waals surface area contributed by atoms with Gasteiger partial charge in [0, 0.05) is 31.6 Å². The predicted molar refractivity (Wildman–Crippen MR) is 82.1 cm³/mol. The van der Waals surface area contributed by atoms with E-state index in [0.717, 1.165) is 32.7 Å². The van der Waals surface area contributed by atoms with Crippen LogP contribution in [0, 0.1) is 5.92 Å². The highest BCUT2D eigenvalue weighted by molar-refractivity contribution is 5.77. The summed E-state index contributed by atoms with van der Waals surface area (Å²) in [5.74, 6) is 0.662. The van der Waals surface area contributed by atoms with Crippen LogP contribution in [0.4, 0.5) is 0 Å². The Balaban J connectivity index is 4.49. The van der Waals surface area contributed by atoms with Crippen molar-refractivity contribution in [3.8, 4) is 0 Å². The molecule has 0 aliphatic rings. The van der Waals surface area contributed by atoms with E-state index in [9.17, 15) is 4.79 Å². The first-order valence-electron chi connectivity index (χ1n) is 7.48. The molecule has 0 atom stereocenters. The zero-order valence-corrected chi connectivity index (χ0v) is 13.7.